The number of para-hydroxylation sites is 1. The first-order valence-electron chi connectivity index (χ1n) is 11.7. The van der Waals surface area contributed by atoms with Crippen LogP contribution in [0.5, 0.6) is 0 Å². The lowest BCUT2D eigenvalue weighted by molar-refractivity contribution is 0.571. The van der Waals surface area contributed by atoms with Crippen molar-refractivity contribution in [2.75, 3.05) is 4.90 Å². The summed E-state index contributed by atoms with van der Waals surface area (Å²) in [5.74, 6) is 0. The maximum absolute atomic E-state index is 6.44. The summed E-state index contributed by atoms with van der Waals surface area (Å²) in [7, 11) is 0. The monoisotopic (exact) mass is 475 g/mol. The summed E-state index contributed by atoms with van der Waals surface area (Å²) >= 11 is 6.43. The van der Waals surface area contributed by atoms with E-state index in [1.807, 2.05) is 54.6 Å². The van der Waals surface area contributed by atoms with Gasteiger partial charge in [0.05, 0.1) is 5.70 Å². The maximum atomic E-state index is 6.44. The van der Waals surface area contributed by atoms with Crippen LogP contribution < -0.4 is 15.5 Å². The van der Waals surface area contributed by atoms with Gasteiger partial charge in [-0.15, -0.1) is 0 Å². The van der Waals surface area contributed by atoms with Crippen molar-refractivity contribution >= 4 is 45.7 Å². The highest BCUT2D eigenvalue weighted by atomic mass is 35.5. The Kier molecular flexibility index (Phi) is 6.56. The average Bonchev–Trinajstić information content (AvgIpc) is 3.26. The van der Waals surface area contributed by atoms with E-state index in [0.29, 0.717) is 5.02 Å². The Morgan fingerprint density at radius 3 is 2.26 bits per heavy atom. The topological polar surface area (TPSA) is 16.4 Å². The molecule has 0 radical (unpaired) electrons. The Balaban J connectivity index is 1.77. The molecule has 0 saturated carbocycles. The van der Waals surface area contributed by atoms with Gasteiger partial charge in [0.1, 0.15) is 5.58 Å². The highest BCUT2D eigenvalue weighted by Crippen LogP contribution is 2.33. The van der Waals surface area contributed by atoms with Gasteiger partial charge in [-0.3, -0.25) is 0 Å². The number of benzene rings is 4. The third-order valence-corrected chi connectivity index (χ3v) is 6.24. The number of fused-ring (bicyclic) bond motifs is 1. The fourth-order valence-corrected chi connectivity index (χ4v) is 4.61. The van der Waals surface area contributed by atoms with E-state index < -0.39 is 0 Å². The van der Waals surface area contributed by atoms with Crippen molar-refractivity contribution in [3.05, 3.63) is 131 Å². The number of rotatable bonds is 6. The molecule has 0 saturated heterocycles. The van der Waals surface area contributed by atoms with Crippen molar-refractivity contribution in [1.82, 2.24) is 0 Å². The summed E-state index contributed by atoms with van der Waals surface area (Å²) in [6.45, 7) is 6.32. The van der Waals surface area contributed by atoms with Crippen LogP contribution in [-0.4, -0.2) is 0 Å². The molecule has 4 aromatic carbocycles. The summed E-state index contributed by atoms with van der Waals surface area (Å²) < 4.78 is 6.44. The summed E-state index contributed by atoms with van der Waals surface area (Å²) in [6, 6.07) is 34.9. The SMILES string of the molecule is C=C/C(=c1/oc2ccccc2/c1=C/CC)N(c1ccc(-c2ccccc2)cc1)c1cccc(Cl)c1. The highest BCUT2D eigenvalue weighted by molar-refractivity contribution is 6.30. The Bertz CT molecular complexity index is 1600. The normalized spacial score (nSPS) is 12.6. The quantitative estimate of drug-likeness (QED) is 0.247. The molecule has 0 atom stereocenters. The summed E-state index contributed by atoms with van der Waals surface area (Å²) in [6.07, 6.45) is 4.96. The van der Waals surface area contributed by atoms with Gasteiger partial charge in [-0.25, -0.2) is 0 Å². The molecule has 5 aromatic rings. The Morgan fingerprint density at radius 1 is 0.829 bits per heavy atom. The van der Waals surface area contributed by atoms with Crippen molar-refractivity contribution in [1.29, 1.82) is 0 Å². The molecule has 0 aliphatic heterocycles. The van der Waals surface area contributed by atoms with Gasteiger partial charge in [-0.05, 0) is 60.0 Å². The number of halogens is 1. The van der Waals surface area contributed by atoms with Gasteiger partial charge >= 0.3 is 0 Å². The largest absolute Gasteiger partial charge is 0.454 e. The predicted octanol–water partition coefficient (Wildman–Crippen LogP) is 8.08. The number of anilines is 2. The molecule has 0 aliphatic rings. The minimum absolute atomic E-state index is 0.668. The fraction of sp³-hybridized carbons (Fsp3) is 0.0625. The molecule has 0 aliphatic carbocycles. The van der Waals surface area contributed by atoms with Crippen LogP contribution in [0.1, 0.15) is 13.3 Å². The molecule has 0 spiro atoms. The Morgan fingerprint density at radius 2 is 1.54 bits per heavy atom. The molecule has 35 heavy (non-hydrogen) atoms. The predicted molar refractivity (Wildman–Crippen MR) is 149 cm³/mol. The van der Waals surface area contributed by atoms with Crippen LogP contribution in [0.25, 0.3) is 33.9 Å². The van der Waals surface area contributed by atoms with Gasteiger partial charge < -0.3 is 9.32 Å². The molecule has 2 nitrogen and oxygen atoms in total. The average molecular weight is 476 g/mol. The van der Waals surface area contributed by atoms with E-state index in [0.717, 1.165) is 50.7 Å². The van der Waals surface area contributed by atoms with Crippen LogP contribution in [0.4, 0.5) is 11.4 Å². The summed E-state index contributed by atoms with van der Waals surface area (Å²) in [5.41, 5.74) is 6.76. The molecule has 0 unspecified atom stereocenters. The second kappa shape index (κ2) is 10.1. The fourth-order valence-electron chi connectivity index (χ4n) is 4.42. The molecule has 1 heterocycles. The third-order valence-electron chi connectivity index (χ3n) is 6.01. The van der Waals surface area contributed by atoms with Gasteiger partial charge in [-0.1, -0.05) is 97.9 Å². The van der Waals surface area contributed by atoms with E-state index in [1.54, 1.807) is 0 Å². The standard InChI is InChI=1S/C32H26ClNO/c1-3-11-29-28-16-8-9-17-31(28)35-32(29)30(4-2)34(27-15-10-14-25(33)22-27)26-20-18-24(19-21-26)23-12-6-5-7-13-23/h4-22H,2-3H2,1H3/b29-11-,32-30-. The van der Waals surface area contributed by atoms with Crippen LogP contribution in [0.15, 0.2) is 120 Å². The molecule has 5 rings (SSSR count). The molecular weight excluding hydrogens is 450 g/mol. The molecule has 0 bridgehead atoms. The van der Waals surface area contributed by atoms with Crippen molar-refractivity contribution in [3.8, 4) is 11.1 Å². The Hall–Kier alpha value is -4.01. The zero-order chi connectivity index (χ0) is 24.2. The van der Waals surface area contributed by atoms with E-state index in [4.69, 9.17) is 16.0 Å². The molecule has 3 heteroatoms. The number of hydrogen-bond donors (Lipinski definition) is 0. The van der Waals surface area contributed by atoms with Gasteiger partial charge in [-0.2, -0.15) is 0 Å². The lowest BCUT2D eigenvalue weighted by Gasteiger charge is -2.26. The van der Waals surface area contributed by atoms with E-state index in [9.17, 15) is 0 Å². The van der Waals surface area contributed by atoms with Crippen LogP contribution in [0, 0.1) is 0 Å². The van der Waals surface area contributed by atoms with Gasteiger partial charge in [0.25, 0.3) is 0 Å². The van der Waals surface area contributed by atoms with Gasteiger partial charge in [0.15, 0.2) is 5.42 Å². The van der Waals surface area contributed by atoms with E-state index in [2.05, 4.69) is 79.1 Å². The van der Waals surface area contributed by atoms with Crippen LogP contribution in [0.2, 0.25) is 5.02 Å². The number of nitrogens with zero attached hydrogens (tertiary/aromatic N) is 1. The highest BCUT2D eigenvalue weighted by Gasteiger charge is 2.17. The van der Waals surface area contributed by atoms with Crippen LogP contribution >= 0.6 is 11.6 Å². The Labute approximate surface area is 210 Å². The molecule has 1 aromatic heterocycles. The first kappa shape index (κ1) is 22.8. The molecule has 0 amide bonds. The van der Waals surface area contributed by atoms with Crippen molar-refractivity contribution < 1.29 is 4.42 Å². The molecule has 0 fully saturated rings. The lowest BCUT2D eigenvalue weighted by atomic mass is 10.0. The van der Waals surface area contributed by atoms with Crippen LogP contribution in [-0.2, 0) is 0 Å². The third kappa shape index (κ3) is 4.53. The maximum Gasteiger partial charge on any atom is 0.159 e. The van der Waals surface area contributed by atoms with Crippen molar-refractivity contribution in [3.63, 3.8) is 0 Å². The molecular formula is C32H26ClNO. The minimum Gasteiger partial charge on any atom is -0.454 e. The number of furan rings is 1. The zero-order valence-corrected chi connectivity index (χ0v) is 20.4. The first-order valence-corrected chi connectivity index (χ1v) is 12.1. The van der Waals surface area contributed by atoms with Gasteiger partial charge in [0, 0.05) is 27.0 Å². The van der Waals surface area contributed by atoms with Gasteiger partial charge in [0.2, 0.25) is 0 Å². The van der Waals surface area contributed by atoms with E-state index in [1.165, 1.54) is 5.56 Å². The number of hydrogen-bond acceptors (Lipinski definition) is 2. The minimum atomic E-state index is 0.668. The second-order valence-electron chi connectivity index (χ2n) is 8.27. The second-order valence-corrected chi connectivity index (χ2v) is 8.71. The van der Waals surface area contributed by atoms with Crippen molar-refractivity contribution in [2.24, 2.45) is 0 Å². The lowest BCUT2D eigenvalue weighted by Crippen LogP contribution is -2.29. The molecule has 172 valence electrons. The van der Waals surface area contributed by atoms with Crippen molar-refractivity contribution in [2.45, 2.75) is 13.3 Å². The van der Waals surface area contributed by atoms with E-state index >= 15 is 0 Å². The smallest absolute Gasteiger partial charge is 0.159 e. The summed E-state index contributed by atoms with van der Waals surface area (Å²) in [4.78, 5) is 2.15. The first-order chi connectivity index (χ1) is 17.2. The zero-order valence-electron chi connectivity index (χ0n) is 19.6. The van der Waals surface area contributed by atoms with Crippen LogP contribution in [0.3, 0.4) is 0 Å². The summed E-state index contributed by atoms with van der Waals surface area (Å²) in [5, 5.41) is 2.84. The molecule has 0 N–H and O–H groups in total. The van der Waals surface area contributed by atoms with E-state index in [-0.39, 0.29) is 0 Å².